The molecule has 0 aliphatic carbocycles. The zero-order valence-corrected chi connectivity index (χ0v) is 11.2. The standard InChI is InChI=1S/C13H19N5O/c1-2-13(19,17-6-4-3-5-7-17)18-12-11(9-16-18)8-14-10-15-12/h8-10,19H,2-7H2,1H3. The lowest BCUT2D eigenvalue weighted by atomic mass is 10.1. The molecule has 1 aliphatic rings. The van der Waals surface area contributed by atoms with Crippen molar-refractivity contribution in [2.45, 2.75) is 38.5 Å². The maximum Gasteiger partial charge on any atom is 0.219 e. The van der Waals surface area contributed by atoms with Crippen molar-refractivity contribution in [3.05, 3.63) is 18.7 Å². The van der Waals surface area contributed by atoms with Gasteiger partial charge >= 0.3 is 0 Å². The van der Waals surface area contributed by atoms with E-state index in [-0.39, 0.29) is 0 Å². The van der Waals surface area contributed by atoms with Crippen molar-refractivity contribution in [3.8, 4) is 0 Å². The Morgan fingerprint density at radius 2 is 2.05 bits per heavy atom. The first-order valence-corrected chi connectivity index (χ1v) is 6.87. The molecule has 1 saturated heterocycles. The second-order valence-electron chi connectivity index (χ2n) is 5.03. The maximum absolute atomic E-state index is 11.1. The summed E-state index contributed by atoms with van der Waals surface area (Å²) in [5.74, 6) is -1.09. The Morgan fingerprint density at radius 1 is 1.26 bits per heavy atom. The molecule has 0 amide bonds. The summed E-state index contributed by atoms with van der Waals surface area (Å²) >= 11 is 0. The molecule has 2 aromatic rings. The fraction of sp³-hybridized carbons (Fsp3) is 0.615. The normalized spacial score (nSPS) is 20.5. The van der Waals surface area contributed by atoms with E-state index in [0.717, 1.165) is 31.3 Å². The summed E-state index contributed by atoms with van der Waals surface area (Å²) in [6, 6.07) is 0. The Kier molecular flexibility index (Phi) is 3.20. The van der Waals surface area contributed by atoms with Crippen LogP contribution in [0.15, 0.2) is 18.7 Å². The second kappa shape index (κ2) is 4.86. The topological polar surface area (TPSA) is 67.1 Å². The predicted octanol–water partition coefficient (Wildman–Crippen LogP) is 1.32. The molecule has 1 unspecified atom stereocenters. The molecule has 102 valence electrons. The first-order chi connectivity index (χ1) is 9.25. The van der Waals surface area contributed by atoms with Gasteiger partial charge in [-0.15, -0.1) is 0 Å². The predicted molar refractivity (Wildman–Crippen MR) is 71.2 cm³/mol. The van der Waals surface area contributed by atoms with Gasteiger partial charge in [-0.3, -0.25) is 4.90 Å². The van der Waals surface area contributed by atoms with Gasteiger partial charge in [0.25, 0.3) is 0 Å². The molecule has 19 heavy (non-hydrogen) atoms. The van der Waals surface area contributed by atoms with E-state index in [9.17, 15) is 5.11 Å². The van der Waals surface area contributed by atoms with Gasteiger partial charge in [0.15, 0.2) is 5.65 Å². The van der Waals surface area contributed by atoms with E-state index in [1.54, 1.807) is 17.1 Å². The van der Waals surface area contributed by atoms with Crippen molar-refractivity contribution in [2.75, 3.05) is 13.1 Å². The number of aromatic nitrogens is 4. The van der Waals surface area contributed by atoms with Crippen LogP contribution in [0.2, 0.25) is 0 Å². The van der Waals surface area contributed by atoms with Crippen LogP contribution in [0.4, 0.5) is 0 Å². The zero-order chi connectivity index (χ0) is 13.3. The van der Waals surface area contributed by atoms with Crippen LogP contribution < -0.4 is 0 Å². The summed E-state index contributed by atoms with van der Waals surface area (Å²) in [5.41, 5.74) is 0.685. The van der Waals surface area contributed by atoms with Crippen LogP contribution >= 0.6 is 0 Å². The molecule has 6 heteroatoms. The lowest BCUT2D eigenvalue weighted by Gasteiger charge is -2.41. The number of fused-ring (bicyclic) bond motifs is 1. The largest absolute Gasteiger partial charge is 0.357 e. The highest BCUT2D eigenvalue weighted by Crippen LogP contribution is 2.28. The van der Waals surface area contributed by atoms with Gasteiger partial charge in [0.2, 0.25) is 5.85 Å². The number of likely N-dealkylation sites (tertiary alicyclic amines) is 1. The van der Waals surface area contributed by atoms with Crippen LogP contribution in [0.25, 0.3) is 11.0 Å². The molecule has 6 nitrogen and oxygen atoms in total. The van der Waals surface area contributed by atoms with E-state index >= 15 is 0 Å². The molecule has 1 aliphatic heterocycles. The molecule has 0 spiro atoms. The van der Waals surface area contributed by atoms with Crippen LogP contribution in [0, 0.1) is 0 Å². The van der Waals surface area contributed by atoms with Gasteiger partial charge in [-0.2, -0.15) is 5.10 Å². The number of hydrogen-bond donors (Lipinski definition) is 1. The molecule has 2 aromatic heterocycles. The van der Waals surface area contributed by atoms with Crippen LogP contribution in [0.1, 0.15) is 32.6 Å². The van der Waals surface area contributed by atoms with Crippen LogP contribution in [0.3, 0.4) is 0 Å². The molecule has 0 radical (unpaired) electrons. The van der Waals surface area contributed by atoms with Crippen molar-refractivity contribution < 1.29 is 5.11 Å². The molecule has 1 N–H and O–H groups in total. The van der Waals surface area contributed by atoms with Crippen molar-refractivity contribution >= 4 is 11.0 Å². The van der Waals surface area contributed by atoms with Gasteiger partial charge in [-0.1, -0.05) is 13.3 Å². The summed E-state index contributed by atoms with van der Waals surface area (Å²) < 4.78 is 1.63. The SMILES string of the molecule is CCC(O)(N1CCCCC1)n1ncc2cncnc21. The molecule has 3 rings (SSSR count). The number of aliphatic hydroxyl groups is 1. The van der Waals surface area contributed by atoms with E-state index in [4.69, 9.17) is 0 Å². The van der Waals surface area contributed by atoms with Crippen LogP contribution in [-0.2, 0) is 5.85 Å². The average molecular weight is 261 g/mol. The first kappa shape index (κ1) is 12.5. The minimum atomic E-state index is -1.09. The summed E-state index contributed by atoms with van der Waals surface area (Å²) in [7, 11) is 0. The number of nitrogens with zero attached hydrogens (tertiary/aromatic N) is 5. The van der Waals surface area contributed by atoms with Gasteiger partial charge in [0.1, 0.15) is 6.33 Å². The van der Waals surface area contributed by atoms with Crippen molar-refractivity contribution in [1.82, 2.24) is 24.6 Å². The fourth-order valence-corrected chi connectivity index (χ4v) is 2.80. The van der Waals surface area contributed by atoms with Gasteiger partial charge in [0.05, 0.1) is 11.6 Å². The van der Waals surface area contributed by atoms with Crippen molar-refractivity contribution in [3.63, 3.8) is 0 Å². The smallest absolute Gasteiger partial charge is 0.219 e. The maximum atomic E-state index is 11.1. The average Bonchev–Trinajstić information content (AvgIpc) is 2.92. The third kappa shape index (κ3) is 2.01. The molecule has 0 aromatic carbocycles. The highest BCUT2D eigenvalue weighted by atomic mass is 16.3. The third-order valence-electron chi connectivity index (χ3n) is 3.91. The molecule has 0 saturated carbocycles. The zero-order valence-electron chi connectivity index (χ0n) is 11.2. The third-order valence-corrected chi connectivity index (χ3v) is 3.91. The minimum Gasteiger partial charge on any atom is -0.357 e. The molecule has 1 fully saturated rings. The Labute approximate surface area is 112 Å². The second-order valence-corrected chi connectivity index (χ2v) is 5.03. The highest BCUT2D eigenvalue weighted by Gasteiger charge is 2.37. The molecule has 1 atom stereocenters. The number of hydrogen-bond acceptors (Lipinski definition) is 5. The highest BCUT2D eigenvalue weighted by molar-refractivity contribution is 5.72. The van der Waals surface area contributed by atoms with E-state index in [0.29, 0.717) is 12.1 Å². The summed E-state index contributed by atoms with van der Waals surface area (Å²) in [6.45, 7) is 3.77. The van der Waals surface area contributed by atoms with E-state index in [2.05, 4.69) is 20.0 Å². The van der Waals surface area contributed by atoms with E-state index < -0.39 is 5.85 Å². The number of rotatable bonds is 3. The lowest BCUT2D eigenvalue weighted by Crippen LogP contribution is -2.52. The van der Waals surface area contributed by atoms with E-state index in [1.165, 1.54) is 12.7 Å². The minimum absolute atomic E-state index is 0.577. The summed E-state index contributed by atoms with van der Waals surface area (Å²) in [6.07, 6.45) is 8.98. The number of piperidine rings is 1. The fourth-order valence-electron chi connectivity index (χ4n) is 2.80. The molecule has 3 heterocycles. The van der Waals surface area contributed by atoms with Gasteiger partial charge in [-0.05, 0) is 12.8 Å². The van der Waals surface area contributed by atoms with Gasteiger partial charge < -0.3 is 5.11 Å². The lowest BCUT2D eigenvalue weighted by molar-refractivity contribution is -0.188. The Hall–Kier alpha value is -1.53. The first-order valence-electron chi connectivity index (χ1n) is 6.87. The van der Waals surface area contributed by atoms with Crippen LogP contribution in [-0.4, -0.2) is 42.8 Å². The van der Waals surface area contributed by atoms with Crippen molar-refractivity contribution in [1.29, 1.82) is 0 Å². The van der Waals surface area contributed by atoms with Crippen LogP contribution in [0.5, 0.6) is 0 Å². The van der Waals surface area contributed by atoms with Crippen molar-refractivity contribution in [2.24, 2.45) is 0 Å². The van der Waals surface area contributed by atoms with Gasteiger partial charge in [-0.25, -0.2) is 14.6 Å². The monoisotopic (exact) mass is 261 g/mol. The molecular weight excluding hydrogens is 242 g/mol. The summed E-state index contributed by atoms with van der Waals surface area (Å²) in [5, 5.41) is 16.3. The molecule has 0 bridgehead atoms. The molecular formula is C13H19N5O. The Bertz CT molecular complexity index is 563. The Morgan fingerprint density at radius 3 is 2.79 bits per heavy atom. The Balaban J connectivity index is 2.05. The van der Waals surface area contributed by atoms with E-state index in [1.807, 2.05) is 6.92 Å². The van der Waals surface area contributed by atoms with Gasteiger partial charge in [0, 0.05) is 25.7 Å². The quantitative estimate of drug-likeness (QED) is 0.902. The summed E-state index contributed by atoms with van der Waals surface area (Å²) in [4.78, 5) is 10.3.